The van der Waals surface area contributed by atoms with Crippen molar-refractivity contribution >= 4 is 0 Å². The Balaban J connectivity index is 2.05. The van der Waals surface area contributed by atoms with Crippen LogP contribution in [-0.2, 0) is 9.47 Å². The summed E-state index contributed by atoms with van der Waals surface area (Å²) in [5, 5.41) is 19.0. The minimum Gasteiger partial charge on any atom is -0.393 e. The number of ether oxygens (including phenoxy) is 2. The van der Waals surface area contributed by atoms with Crippen molar-refractivity contribution in [2.75, 3.05) is 40.5 Å². The highest BCUT2D eigenvalue weighted by Gasteiger charge is 2.28. The maximum atomic E-state index is 9.84. The zero-order valence-corrected chi connectivity index (χ0v) is 11.7. The molecule has 1 aliphatic carbocycles. The first-order valence-electron chi connectivity index (χ1n) is 6.66. The molecule has 0 saturated heterocycles. The molecule has 0 aliphatic heterocycles. The highest BCUT2D eigenvalue weighted by Crippen LogP contribution is 2.27. The first-order valence-corrected chi connectivity index (χ1v) is 6.66. The largest absolute Gasteiger partial charge is 0.393 e. The topological polar surface area (TPSA) is 62.2 Å². The molecule has 0 aromatic heterocycles. The van der Waals surface area contributed by atoms with Crippen molar-refractivity contribution in [1.29, 1.82) is 0 Å². The van der Waals surface area contributed by atoms with Gasteiger partial charge in [-0.25, -0.2) is 0 Å². The predicted molar refractivity (Wildman–Crippen MR) is 69.5 cm³/mol. The Labute approximate surface area is 110 Å². The SMILES string of the molecule is COCC(C)OCC(O)CN(C)CC1CC(O)C1. The van der Waals surface area contributed by atoms with Crippen LogP contribution < -0.4 is 0 Å². The minimum atomic E-state index is -0.473. The number of nitrogens with zero attached hydrogens (tertiary/aromatic N) is 1. The average Bonchev–Trinajstić information content (AvgIpc) is 2.24. The summed E-state index contributed by atoms with van der Waals surface area (Å²) in [5.41, 5.74) is 0. The maximum absolute atomic E-state index is 9.84. The van der Waals surface area contributed by atoms with Crippen LogP contribution in [0.2, 0.25) is 0 Å². The van der Waals surface area contributed by atoms with Gasteiger partial charge in [0.1, 0.15) is 0 Å². The second-order valence-corrected chi connectivity index (χ2v) is 5.47. The van der Waals surface area contributed by atoms with Crippen LogP contribution in [0, 0.1) is 5.92 Å². The van der Waals surface area contributed by atoms with Crippen LogP contribution in [0.25, 0.3) is 0 Å². The Morgan fingerprint density at radius 2 is 2.00 bits per heavy atom. The van der Waals surface area contributed by atoms with E-state index in [9.17, 15) is 10.2 Å². The van der Waals surface area contributed by atoms with Crippen LogP contribution in [0.5, 0.6) is 0 Å². The molecule has 0 aromatic carbocycles. The lowest BCUT2D eigenvalue weighted by molar-refractivity contribution is -0.0417. The van der Waals surface area contributed by atoms with Gasteiger partial charge in [0.05, 0.1) is 31.5 Å². The Morgan fingerprint density at radius 1 is 1.33 bits per heavy atom. The highest BCUT2D eigenvalue weighted by atomic mass is 16.5. The summed E-state index contributed by atoms with van der Waals surface area (Å²) in [6, 6.07) is 0. The van der Waals surface area contributed by atoms with E-state index in [4.69, 9.17) is 9.47 Å². The molecule has 0 radical (unpaired) electrons. The third-order valence-electron chi connectivity index (χ3n) is 3.28. The van der Waals surface area contributed by atoms with E-state index in [-0.39, 0.29) is 12.2 Å². The van der Waals surface area contributed by atoms with Gasteiger partial charge < -0.3 is 24.6 Å². The number of rotatable bonds is 9. The van der Waals surface area contributed by atoms with Crippen LogP contribution in [-0.4, -0.2) is 73.9 Å². The Kier molecular flexibility index (Phi) is 7.11. The fourth-order valence-corrected chi connectivity index (χ4v) is 2.34. The summed E-state index contributed by atoms with van der Waals surface area (Å²) in [5.74, 6) is 0.575. The fraction of sp³-hybridized carbons (Fsp3) is 1.00. The molecule has 2 unspecified atom stereocenters. The second kappa shape index (κ2) is 8.07. The lowest BCUT2D eigenvalue weighted by atomic mass is 9.82. The van der Waals surface area contributed by atoms with Gasteiger partial charge in [-0.2, -0.15) is 0 Å². The van der Waals surface area contributed by atoms with Gasteiger partial charge in [-0.15, -0.1) is 0 Å². The van der Waals surface area contributed by atoms with Gasteiger partial charge in [0.15, 0.2) is 0 Å². The van der Waals surface area contributed by atoms with Crippen molar-refractivity contribution in [2.24, 2.45) is 5.92 Å². The average molecular weight is 261 g/mol. The van der Waals surface area contributed by atoms with Gasteiger partial charge in [-0.3, -0.25) is 0 Å². The first kappa shape index (κ1) is 15.9. The van der Waals surface area contributed by atoms with E-state index >= 15 is 0 Å². The molecular weight excluding hydrogens is 234 g/mol. The van der Waals surface area contributed by atoms with E-state index < -0.39 is 6.10 Å². The normalized spacial score (nSPS) is 27.0. The zero-order valence-electron chi connectivity index (χ0n) is 11.7. The van der Waals surface area contributed by atoms with Crippen molar-refractivity contribution in [3.8, 4) is 0 Å². The molecule has 1 rings (SSSR count). The van der Waals surface area contributed by atoms with Gasteiger partial charge in [0.2, 0.25) is 0 Å². The lowest BCUT2D eigenvalue weighted by Gasteiger charge is -2.35. The maximum Gasteiger partial charge on any atom is 0.0900 e. The van der Waals surface area contributed by atoms with E-state index in [0.29, 0.717) is 25.7 Å². The predicted octanol–water partition coefficient (Wildman–Crippen LogP) is 0.102. The Bertz CT molecular complexity index is 221. The molecule has 0 amide bonds. The molecule has 1 fully saturated rings. The monoisotopic (exact) mass is 261 g/mol. The van der Waals surface area contributed by atoms with Crippen LogP contribution in [0.1, 0.15) is 19.8 Å². The van der Waals surface area contributed by atoms with Crippen molar-refractivity contribution < 1.29 is 19.7 Å². The van der Waals surface area contributed by atoms with Crippen molar-refractivity contribution in [3.63, 3.8) is 0 Å². The number of methoxy groups -OCH3 is 1. The molecule has 108 valence electrons. The van der Waals surface area contributed by atoms with Gasteiger partial charge >= 0.3 is 0 Å². The number of aliphatic hydroxyl groups excluding tert-OH is 2. The molecule has 1 aliphatic rings. The summed E-state index contributed by atoms with van der Waals surface area (Å²) in [6.45, 7) is 4.34. The van der Waals surface area contributed by atoms with Crippen LogP contribution in [0.4, 0.5) is 0 Å². The summed E-state index contributed by atoms with van der Waals surface area (Å²) in [4.78, 5) is 2.10. The minimum absolute atomic E-state index is 0.0109. The van der Waals surface area contributed by atoms with Crippen molar-refractivity contribution in [2.45, 2.75) is 38.1 Å². The molecule has 18 heavy (non-hydrogen) atoms. The second-order valence-electron chi connectivity index (χ2n) is 5.47. The van der Waals surface area contributed by atoms with E-state index in [1.807, 2.05) is 14.0 Å². The molecule has 0 heterocycles. The Hall–Kier alpha value is -0.200. The number of likely N-dealkylation sites (N-methyl/N-ethyl adjacent to an activating group) is 1. The molecule has 2 atom stereocenters. The van der Waals surface area contributed by atoms with Crippen LogP contribution in [0.3, 0.4) is 0 Å². The third-order valence-corrected chi connectivity index (χ3v) is 3.28. The van der Waals surface area contributed by atoms with E-state index in [1.165, 1.54) is 0 Å². The third kappa shape index (κ3) is 6.11. The molecular formula is C13H27NO4. The lowest BCUT2D eigenvalue weighted by Crippen LogP contribution is -2.41. The molecule has 0 bridgehead atoms. The molecule has 5 nitrogen and oxygen atoms in total. The standard InChI is InChI=1S/C13H27NO4/c1-10(8-17-3)18-9-13(16)7-14(2)6-11-4-12(15)5-11/h10-13,15-16H,4-9H2,1-3H3. The van der Waals surface area contributed by atoms with E-state index in [2.05, 4.69) is 4.90 Å². The molecule has 2 N–H and O–H groups in total. The van der Waals surface area contributed by atoms with Crippen LogP contribution >= 0.6 is 0 Å². The quantitative estimate of drug-likeness (QED) is 0.616. The zero-order chi connectivity index (χ0) is 13.5. The van der Waals surface area contributed by atoms with E-state index in [1.54, 1.807) is 7.11 Å². The summed E-state index contributed by atoms with van der Waals surface area (Å²) in [6.07, 6.45) is 1.21. The number of hydrogen-bond acceptors (Lipinski definition) is 5. The molecule has 1 saturated carbocycles. The fourth-order valence-electron chi connectivity index (χ4n) is 2.34. The first-order chi connectivity index (χ1) is 8.51. The van der Waals surface area contributed by atoms with Gasteiger partial charge in [0.25, 0.3) is 0 Å². The smallest absolute Gasteiger partial charge is 0.0900 e. The Morgan fingerprint density at radius 3 is 2.56 bits per heavy atom. The van der Waals surface area contributed by atoms with E-state index in [0.717, 1.165) is 19.4 Å². The molecule has 0 aromatic rings. The highest BCUT2D eigenvalue weighted by molar-refractivity contribution is 4.81. The molecule has 5 heteroatoms. The van der Waals surface area contributed by atoms with Crippen LogP contribution in [0.15, 0.2) is 0 Å². The molecule has 0 spiro atoms. The van der Waals surface area contributed by atoms with Gasteiger partial charge in [-0.1, -0.05) is 0 Å². The van der Waals surface area contributed by atoms with Crippen molar-refractivity contribution in [3.05, 3.63) is 0 Å². The number of aliphatic hydroxyl groups is 2. The summed E-state index contributed by atoms with van der Waals surface area (Å²) in [7, 11) is 3.63. The number of hydrogen-bond donors (Lipinski definition) is 2. The summed E-state index contributed by atoms with van der Waals surface area (Å²) < 4.78 is 10.4. The van der Waals surface area contributed by atoms with Gasteiger partial charge in [-0.05, 0) is 32.7 Å². The van der Waals surface area contributed by atoms with Gasteiger partial charge in [0, 0.05) is 20.2 Å². The summed E-state index contributed by atoms with van der Waals surface area (Å²) >= 11 is 0. The van der Waals surface area contributed by atoms with Crippen molar-refractivity contribution in [1.82, 2.24) is 4.90 Å².